The van der Waals surface area contributed by atoms with Crippen LogP contribution in [0.15, 0.2) is 29.1 Å². The summed E-state index contributed by atoms with van der Waals surface area (Å²) in [4.78, 5) is 38.9. The molecule has 4 saturated carbocycles. The van der Waals surface area contributed by atoms with Gasteiger partial charge >= 0.3 is 0 Å². The highest BCUT2D eigenvalue weighted by atomic mass is 35.5. The molecule has 6 rings (SSSR count). The molecule has 4 bridgehead atoms. The minimum Gasteiger partial charge on any atom is -0.282 e. The second-order valence-corrected chi connectivity index (χ2v) is 8.96. The Morgan fingerprint density at radius 1 is 1.14 bits per heavy atom. The number of hydrogen-bond acceptors (Lipinski definition) is 4. The first kappa shape index (κ1) is 19.1. The van der Waals surface area contributed by atoms with Crippen LogP contribution < -0.4 is 11.0 Å². The van der Waals surface area contributed by atoms with Gasteiger partial charge in [-0.2, -0.15) is 0 Å². The Hall–Kier alpha value is -2.21. The molecule has 2 aromatic rings. The molecule has 6 nitrogen and oxygen atoms in total. The zero-order valence-corrected chi connectivity index (χ0v) is 16.8. The molecule has 7 heteroatoms. The van der Waals surface area contributed by atoms with Gasteiger partial charge in [0.2, 0.25) is 11.1 Å². The molecule has 1 amide bonds. The monoisotopic (exact) mass is 401 g/mol. The molecule has 0 aliphatic heterocycles. The van der Waals surface area contributed by atoms with E-state index in [2.05, 4.69) is 17.0 Å². The van der Waals surface area contributed by atoms with E-state index in [0.717, 1.165) is 36.0 Å². The molecule has 2 unspecified atom stereocenters. The topological polar surface area (TPSA) is 81.1 Å². The fraction of sp³-hybridized carbons (Fsp3) is 0.524. The maximum atomic E-state index is 13.0. The smallest absolute Gasteiger partial charge is 0.280 e. The van der Waals surface area contributed by atoms with Gasteiger partial charge in [-0.15, -0.1) is 0 Å². The van der Waals surface area contributed by atoms with Gasteiger partial charge in [0.15, 0.2) is 0 Å². The molecule has 0 radical (unpaired) electrons. The number of carbonyl (C=O) groups excluding carboxylic acids is 2. The first-order valence-corrected chi connectivity index (χ1v) is 10.1. The minimum atomic E-state index is -0.361. The Bertz CT molecular complexity index is 998. The molecule has 28 heavy (non-hydrogen) atoms. The first-order chi connectivity index (χ1) is 13.3. The van der Waals surface area contributed by atoms with Crippen molar-refractivity contribution in [3.05, 3.63) is 40.4 Å². The average molecular weight is 402 g/mol. The molecule has 148 valence electrons. The van der Waals surface area contributed by atoms with Gasteiger partial charge in [0.05, 0.1) is 10.9 Å². The number of nitrogens with one attached hydrogen (secondary N) is 1. The predicted molar refractivity (Wildman–Crippen MR) is 108 cm³/mol. The van der Waals surface area contributed by atoms with E-state index in [9.17, 15) is 14.4 Å². The number of fused-ring (bicyclic) bond motifs is 1. The Morgan fingerprint density at radius 3 is 2.36 bits per heavy atom. The Morgan fingerprint density at radius 2 is 1.75 bits per heavy atom. The summed E-state index contributed by atoms with van der Waals surface area (Å²) in [5, 5.41) is 0.198. The molecule has 2 atom stereocenters. The molecule has 4 fully saturated rings. The Labute approximate surface area is 168 Å². The van der Waals surface area contributed by atoms with Crippen LogP contribution in [0, 0.1) is 17.8 Å². The second-order valence-electron chi connectivity index (χ2n) is 8.43. The number of aromatic nitrogens is 2. The molecule has 1 aromatic heterocycles. The third-order valence-electron chi connectivity index (χ3n) is 6.48. The summed E-state index contributed by atoms with van der Waals surface area (Å²) in [7, 11) is 0. The van der Waals surface area contributed by atoms with Crippen LogP contribution in [0.5, 0.6) is 0 Å². The minimum absolute atomic E-state index is 0.0285. The van der Waals surface area contributed by atoms with Gasteiger partial charge < -0.3 is 0 Å². The van der Waals surface area contributed by atoms with Crippen molar-refractivity contribution in [1.29, 1.82) is 0 Å². The van der Waals surface area contributed by atoms with Crippen molar-refractivity contribution in [1.82, 2.24) is 9.66 Å². The molecule has 1 aromatic carbocycles. The SMILES string of the molecule is CC(=O)Cl.CC(=O)Nn1c(C23CC4CC(CC2C4)C3)nc2ccccc2c1=O. The lowest BCUT2D eigenvalue weighted by Gasteiger charge is -2.33. The fourth-order valence-corrected chi connectivity index (χ4v) is 5.89. The first-order valence-electron chi connectivity index (χ1n) is 9.76. The molecule has 1 heterocycles. The largest absolute Gasteiger partial charge is 0.282 e. The highest BCUT2D eigenvalue weighted by Gasteiger charge is 2.60. The zero-order chi connectivity index (χ0) is 20.1. The lowest BCUT2D eigenvalue weighted by atomic mass is 9.75. The summed E-state index contributed by atoms with van der Waals surface area (Å²) in [6.07, 6.45) is 6.05. The zero-order valence-electron chi connectivity index (χ0n) is 16.1. The van der Waals surface area contributed by atoms with Crippen LogP contribution in [-0.4, -0.2) is 20.8 Å². The summed E-state index contributed by atoms with van der Waals surface area (Å²) >= 11 is 4.64. The van der Waals surface area contributed by atoms with E-state index in [4.69, 9.17) is 4.98 Å². The summed E-state index contributed by atoms with van der Waals surface area (Å²) in [6, 6.07) is 7.43. The second kappa shape index (κ2) is 6.99. The molecule has 0 saturated heterocycles. The van der Waals surface area contributed by atoms with E-state index in [1.807, 2.05) is 18.2 Å². The van der Waals surface area contributed by atoms with Crippen molar-refractivity contribution < 1.29 is 9.59 Å². The van der Waals surface area contributed by atoms with Crippen LogP contribution >= 0.6 is 11.6 Å². The average Bonchev–Trinajstić information content (AvgIpc) is 3.01. The van der Waals surface area contributed by atoms with Gasteiger partial charge in [-0.3, -0.25) is 19.8 Å². The Balaban J connectivity index is 0.000000442. The number of carbonyl (C=O) groups is 2. The van der Waals surface area contributed by atoms with Crippen molar-refractivity contribution in [3.63, 3.8) is 0 Å². The van der Waals surface area contributed by atoms with Crippen LogP contribution in [0.1, 0.15) is 51.8 Å². The maximum Gasteiger partial charge on any atom is 0.280 e. The van der Waals surface area contributed by atoms with Gasteiger partial charge in [0.1, 0.15) is 5.82 Å². The summed E-state index contributed by atoms with van der Waals surface area (Å²) in [5.74, 6) is 2.68. The fourth-order valence-electron chi connectivity index (χ4n) is 5.89. The summed E-state index contributed by atoms with van der Waals surface area (Å²) in [5.41, 5.74) is 3.30. The third kappa shape index (κ3) is 3.13. The predicted octanol–water partition coefficient (Wildman–Crippen LogP) is 3.34. The number of hydrogen-bond donors (Lipinski definition) is 1. The number of benzene rings is 1. The lowest BCUT2D eigenvalue weighted by Crippen LogP contribution is -2.42. The van der Waals surface area contributed by atoms with Crippen molar-refractivity contribution in [2.45, 2.75) is 51.4 Å². The van der Waals surface area contributed by atoms with Gasteiger partial charge in [0.25, 0.3) is 5.56 Å². The van der Waals surface area contributed by atoms with Crippen LogP contribution in [0.25, 0.3) is 10.9 Å². The van der Waals surface area contributed by atoms with Gasteiger partial charge in [-0.1, -0.05) is 12.1 Å². The van der Waals surface area contributed by atoms with Crippen LogP contribution in [0.4, 0.5) is 0 Å². The molecular formula is C21H24ClN3O3. The highest BCUT2D eigenvalue weighted by molar-refractivity contribution is 6.62. The molecule has 0 spiro atoms. The van der Waals surface area contributed by atoms with Crippen LogP contribution in [0.2, 0.25) is 0 Å². The van der Waals surface area contributed by atoms with Gasteiger partial charge in [-0.05, 0) is 73.6 Å². The molecule has 1 N–H and O–H groups in total. The lowest BCUT2D eigenvalue weighted by molar-refractivity contribution is -0.115. The summed E-state index contributed by atoms with van der Waals surface area (Å²) < 4.78 is 1.45. The number of amides is 1. The van der Waals surface area contributed by atoms with Crippen molar-refractivity contribution in [3.8, 4) is 0 Å². The van der Waals surface area contributed by atoms with E-state index in [-0.39, 0.29) is 22.1 Å². The molecule has 4 aliphatic carbocycles. The van der Waals surface area contributed by atoms with E-state index < -0.39 is 0 Å². The quantitative estimate of drug-likeness (QED) is 0.782. The standard InChI is InChI=1S/C19H21N3O2.C2H3ClO/c1-11(23)21-22-17(24)15-4-2-3-5-16(15)20-18(22)19-9-12-6-13(10-19)8-14(19)7-12;1-2(3)4/h2-5,12-14H,6-10H2,1H3,(H,21,23);1H3. The van der Waals surface area contributed by atoms with Gasteiger partial charge in [-0.25, -0.2) is 9.66 Å². The number of nitrogens with zero attached hydrogens (tertiary/aromatic N) is 2. The van der Waals surface area contributed by atoms with Crippen molar-refractivity contribution >= 4 is 33.7 Å². The number of halogens is 1. The molecule has 4 aliphatic rings. The number of rotatable bonds is 2. The molecular weight excluding hydrogens is 378 g/mol. The van der Waals surface area contributed by atoms with Crippen LogP contribution in [0.3, 0.4) is 0 Å². The van der Waals surface area contributed by atoms with E-state index in [0.29, 0.717) is 11.3 Å². The highest BCUT2D eigenvalue weighted by Crippen LogP contribution is 2.65. The van der Waals surface area contributed by atoms with Crippen LogP contribution in [-0.2, 0) is 15.0 Å². The normalized spacial score (nSPS) is 29.5. The van der Waals surface area contributed by atoms with Crippen molar-refractivity contribution in [2.75, 3.05) is 5.43 Å². The van der Waals surface area contributed by atoms with Gasteiger partial charge in [0, 0.05) is 19.3 Å². The third-order valence-corrected chi connectivity index (χ3v) is 6.48. The Kier molecular flexibility index (Phi) is 4.78. The number of para-hydroxylation sites is 1. The maximum absolute atomic E-state index is 13.0. The van der Waals surface area contributed by atoms with E-state index in [1.54, 1.807) is 6.07 Å². The van der Waals surface area contributed by atoms with Crippen molar-refractivity contribution in [2.24, 2.45) is 17.8 Å². The van der Waals surface area contributed by atoms with E-state index in [1.165, 1.54) is 37.8 Å². The summed E-state index contributed by atoms with van der Waals surface area (Å²) in [6.45, 7) is 2.74. The van der Waals surface area contributed by atoms with E-state index >= 15 is 0 Å².